The van der Waals surface area contributed by atoms with Crippen LogP contribution < -0.4 is 10.2 Å². The summed E-state index contributed by atoms with van der Waals surface area (Å²) in [6, 6.07) is 20.2. The molecule has 0 saturated carbocycles. The Morgan fingerprint density at radius 3 is 2.46 bits per heavy atom. The first-order chi connectivity index (χ1) is 13.9. The monoisotopic (exact) mass is 372 g/mol. The van der Waals surface area contributed by atoms with Gasteiger partial charge in [-0.2, -0.15) is 9.50 Å². The van der Waals surface area contributed by atoms with Crippen LogP contribution in [0, 0.1) is 0 Å². The fraction of sp³-hybridized carbons (Fsp3) is 0.190. The minimum Gasteiger partial charge on any atom is -0.378 e. The van der Waals surface area contributed by atoms with Crippen LogP contribution in [0.4, 0.5) is 17.3 Å². The second-order valence-electron chi connectivity index (χ2n) is 6.61. The zero-order valence-corrected chi connectivity index (χ0v) is 15.3. The van der Waals surface area contributed by atoms with Gasteiger partial charge >= 0.3 is 0 Å². The number of fused-ring (bicyclic) bond motifs is 1. The highest BCUT2D eigenvalue weighted by atomic mass is 16.5. The molecule has 7 nitrogen and oxygen atoms in total. The summed E-state index contributed by atoms with van der Waals surface area (Å²) in [6.45, 7) is 3.41. The SMILES string of the molecule is c1ccc(-c2nccc3nc(Nc4ccc(N5CCOCC5)cc4)nn23)cc1. The van der Waals surface area contributed by atoms with E-state index in [1.807, 2.05) is 48.5 Å². The molecule has 5 rings (SSSR count). The van der Waals surface area contributed by atoms with E-state index in [2.05, 4.69) is 37.4 Å². The van der Waals surface area contributed by atoms with Crippen molar-refractivity contribution in [2.75, 3.05) is 36.5 Å². The van der Waals surface area contributed by atoms with E-state index < -0.39 is 0 Å². The van der Waals surface area contributed by atoms with E-state index in [0.717, 1.165) is 49.0 Å². The van der Waals surface area contributed by atoms with Crippen molar-refractivity contribution in [3.8, 4) is 11.4 Å². The van der Waals surface area contributed by atoms with Crippen molar-refractivity contribution in [1.29, 1.82) is 0 Å². The van der Waals surface area contributed by atoms with E-state index in [1.54, 1.807) is 10.7 Å². The van der Waals surface area contributed by atoms with E-state index in [-0.39, 0.29) is 0 Å². The maximum absolute atomic E-state index is 5.42. The Hall–Kier alpha value is -3.45. The Labute approximate surface area is 162 Å². The first kappa shape index (κ1) is 16.7. The Balaban J connectivity index is 1.40. The third kappa shape index (κ3) is 3.27. The fourth-order valence-corrected chi connectivity index (χ4v) is 3.36. The normalized spacial score (nSPS) is 14.4. The van der Waals surface area contributed by atoms with Gasteiger partial charge in [-0.3, -0.25) is 0 Å². The van der Waals surface area contributed by atoms with Gasteiger partial charge in [-0.25, -0.2) is 4.98 Å². The average Bonchev–Trinajstić information content (AvgIpc) is 3.18. The largest absolute Gasteiger partial charge is 0.378 e. The molecule has 1 aliphatic heterocycles. The van der Waals surface area contributed by atoms with Gasteiger partial charge in [0.15, 0.2) is 11.5 Å². The van der Waals surface area contributed by atoms with E-state index in [0.29, 0.717) is 5.95 Å². The van der Waals surface area contributed by atoms with Crippen molar-refractivity contribution in [1.82, 2.24) is 19.6 Å². The van der Waals surface area contributed by atoms with Crippen LogP contribution in [-0.4, -0.2) is 45.9 Å². The Bertz CT molecular complexity index is 1070. The lowest BCUT2D eigenvalue weighted by atomic mass is 10.2. The van der Waals surface area contributed by atoms with Crippen LogP contribution in [0.5, 0.6) is 0 Å². The molecular formula is C21H20N6O. The molecule has 28 heavy (non-hydrogen) atoms. The number of nitrogens with zero attached hydrogens (tertiary/aromatic N) is 5. The molecule has 7 heteroatoms. The summed E-state index contributed by atoms with van der Waals surface area (Å²) in [7, 11) is 0. The van der Waals surface area contributed by atoms with Crippen molar-refractivity contribution in [2.45, 2.75) is 0 Å². The summed E-state index contributed by atoms with van der Waals surface area (Å²) >= 11 is 0. The van der Waals surface area contributed by atoms with Crippen LogP contribution in [0.15, 0.2) is 66.9 Å². The first-order valence-electron chi connectivity index (χ1n) is 9.34. The number of hydrogen-bond acceptors (Lipinski definition) is 6. The van der Waals surface area contributed by atoms with Gasteiger partial charge in [0.05, 0.1) is 13.2 Å². The molecule has 0 radical (unpaired) electrons. The highest BCUT2D eigenvalue weighted by molar-refractivity contribution is 5.63. The number of morpholine rings is 1. The van der Waals surface area contributed by atoms with Crippen LogP contribution in [0.1, 0.15) is 0 Å². The Morgan fingerprint density at radius 1 is 0.893 bits per heavy atom. The smallest absolute Gasteiger partial charge is 0.247 e. The summed E-state index contributed by atoms with van der Waals surface area (Å²) in [6.07, 6.45) is 1.76. The predicted molar refractivity (Wildman–Crippen MR) is 109 cm³/mol. The summed E-state index contributed by atoms with van der Waals surface area (Å²) in [5.74, 6) is 1.31. The summed E-state index contributed by atoms with van der Waals surface area (Å²) in [5, 5.41) is 7.89. The van der Waals surface area contributed by atoms with E-state index >= 15 is 0 Å². The number of aromatic nitrogens is 4. The average molecular weight is 372 g/mol. The molecule has 0 bridgehead atoms. The van der Waals surface area contributed by atoms with E-state index in [9.17, 15) is 0 Å². The molecule has 0 spiro atoms. The number of benzene rings is 2. The topological polar surface area (TPSA) is 67.6 Å². The fourth-order valence-electron chi connectivity index (χ4n) is 3.36. The standard InChI is InChI=1S/C21H20N6O/c1-2-4-16(5-3-1)20-22-11-10-19-24-21(25-27(19)20)23-17-6-8-18(9-7-17)26-12-14-28-15-13-26/h1-11H,12-15H2,(H,23,25). The predicted octanol–water partition coefficient (Wildman–Crippen LogP) is 3.37. The lowest BCUT2D eigenvalue weighted by Gasteiger charge is -2.28. The van der Waals surface area contributed by atoms with E-state index in [4.69, 9.17) is 4.74 Å². The molecule has 4 aromatic rings. The summed E-state index contributed by atoms with van der Waals surface area (Å²) < 4.78 is 7.18. The number of anilines is 3. The second kappa shape index (κ2) is 7.28. The van der Waals surface area contributed by atoms with Crippen molar-refractivity contribution >= 4 is 23.0 Å². The maximum Gasteiger partial charge on any atom is 0.247 e. The second-order valence-corrected chi connectivity index (χ2v) is 6.61. The molecule has 2 aromatic carbocycles. The molecule has 0 amide bonds. The summed E-state index contributed by atoms with van der Waals surface area (Å²) in [4.78, 5) is 11.4. The third-order valence-corrected chi connectivity index (χ3v) is 4.78. The third-order valence-electron chi connectivity index (χ3n) is 4.78. The Morgan fingerprint density at radius 2 is 1.68 bits per heavy atom. The highest BCUT2D eigenvalue weighted by Gasteiger charge is 2.12. The quantitative estimate of drug-likeness (QED) is 0.592. The van der Waals surface area contributed by atoms with Crippen LogP contribution in [0.2, 0.25) is 0 Å². The highest BCUT2D eigenvalue weighted by Crippen LogP contribution is 2.22. The van der Waals surface area contributed by atoms with Crippen molar-refractivity contribution in [3.63, 3.8) is 0 Å². The van der Waals surface area contributed by atoms with Gasteiger partial charge in [-0.15, -0.1) is 5.10 Å². The van der Waals surface area contributed by atoms with Gasteiger partial charge in [0, 0.05) is 42.3 Å². The molecule has 0 aliphatic carbocycles. The van der Waals surface area contributed by atoms with Gasteiger partial charge in [0.2, 0.25) is 5.95 Å². The number of nitrogens with one attached hydrogen (secondary N) is 1. The number of ether oxygens (including phenoxy) is 1. The van der Waals surface area contributed by atoms with Crippen molar-refractivity contribution in [2.24, 2.45) is 0 Å². The minimum atomic E-state index is 0.546. The zero-order chi connectivity index (χ0) is 18.8. The molecule has 140 valence electrons. The number of rotatable bonds is 4. The minimum absolute atomic E-state index is 0.546. The van der Waals surface area contributed by atoms with Gasteiger partial charge in [-0.1, -0.05) is 30.3 Å². The lowest BCUT2D eigenvalue weighted by Crippen LogP contribution is -2.36. The van der Waals surface area contributed by atoms with Crippen molar-refractivity contribution in [3.05, 3.63) is 66.9 Å². The first-order valence-corrected chi connectivity index (χ1v) is 9.34. The molecule has 1 N–H and O–H groups in total. The maximum atomic E-state index is 5.42. The molecule has 1 aliphatic rings. The zero-order valence-electron chi connectivity index (χ0n) is 15.3. The van der Waals surface area contributed by atoms with Gasteiger partial charge in [0.1, 0.15) is 0 Å². The molecule has 2 aromatic heterocycles. The summed E-state index contributed by atoms with van der Waals surface area (Å²) in [5.41, 5.74) is 3.90. The molecular weight excluding hydrogens is 352 g/mol. The van der Waals surface area contributed by atoms with Crippen LogP contribution >= 0.6 is 0 Å². The van der Waals surface area contributed by atoms with Gasteiger partial charge in [0.25, 0.3) is 0 Å². The van der Waals surface area contributed by atoms with Crippen LogP contribution in [0.3, 0.4) is 0 Å². The molecule has 0 unspecified atom stereocenters. The molecule has 3 heterocycles. The van der Waals surface area contributed by atoms with E-state index in [1.165, 1.54) is 5.69 Å². The molecule has 1 saturated heterocycles. The number of hydrogen-bond donors (Lipinski definition) is 1. The van der Waals surface area contributed by atoms with Crippen molar-refractivity contribution < 1.29 is 4.74 Å². The molecule has 0 atom stereocenters. The van der Waals surface area contributed by atoms with Crippen LogP contribution in [0.25, 0.3) is 17.0 Å². The lowest BCUT2D eigenvalue weighted by molar-refractivity contribution is 0.122. The molecule has 1 fully saturated rings. The van der Waals surface area contributed by atoms with Gasteiger partial charge in [-0.05, 0) is 24.3 Å². The van der Waals surface area contributed by atoms with Crippen LogP contribution in [-0.2, 0) is 4.74 Å². The Kier molecular flexibility index (Phi) is 4.34. The van der Waals surface area contributed by atoms with Gasteiger partial charge < -0.3 is 15.0 Å².